The number of nitrogens with zero attached hydrogens (tertiary/aromatic N) is 1. The van der Waals surface area contributed by atoms with Gasteiger partial charge < -0.3 is 9.88 Å². The molecule has 0 radical (unpaired) electrons. The van der Waals surface area contributed by atoms with Crippen LogP contribution in [0.4, 0.5) is 0 Å². The molecule has 0 atom stereocenters. The highest BCUT2D eigenvalue weighted by Crippen LogP contribution is 2.29. The van der Waals surface area contributed by atoms with E-state index in [1.54, 1.807) is 6.08 Å². The molecule has 4 nitrogen and oxygen atoms in total. The predicted octanol–water partition coefficient (Wildman–Crippen LogP) is 4.34. The zero-order chi connectivity index (χ0) is 18.3. The van der Waals surface area contributed by atoms with Crippen LogP contribution in [-0.2, 0) is 11.3 Å². The van der Waals surface area contributed by atoms with E-state index in [9.17, 15) is 4.79 Å². The third kappa shape index (κ3) is 3.09. The predicted molar refractivity (Wildman–Crippen MR) is 109 cm³/mol. The van der Waals surface area contributed by atoms with Crippen molar-refractivity contribution in [2.24, 2.45) is 0 Å². The Morgan fingerprint density at radius 3 is 2.46 bits per heavy atom. The second kappa shape index (κ2) is 6.76. The van der Waals surface area contributed by atoms with Gasteiger partial charge in [-0.1, -0.05) is 47.5 Å². The molecule has 0 spiro atoms. The van der Waals surface area contributed by atoms with Crippen molar-refractivity contribution in [2.45, 2.75) is 6.54 Å². The lowest BCUT2D eigenvalue weighted by Crippen LogP contribution is -2.21. The molecule has 1 amide bonds. The summed E-state index contributed by atoms with van der Waals surface area (Å²) in [7, 11) is 0. The average molecular weight is 402 g/mol. The van der Waals surface area contributed by atoms with E-state index in [1.165, 1.54) is 0 Å². The van der Waals surface area contributed by atoms with Crippen molar-refractivity contribution >= 4 is 63.4 Å². The Morgan fingerprint density at radius 1 is 1.04 bits per heavy atom. The first-order valence-corrected chi connectivity index (χ1v) is 9.04. The molecular weight excluding hydrogens is 389 g/mol. The van der Waals surface area contributed by atoms with Crippen molar-refractivity contribution in [3.8, 4) is 0 Å². The number of halogens is 2. The number of nitrogens with one attached hydrogen (secondary N) is 2. The van der Waals surface area contributed by atoms with Crippen molar-refractivity contribution in [3.05, 3.63) is 75.5 Å². The zero-order valence-corrected chi connectivity index (χ0v) is 15.8. The lowest BCUT2D eigenvalue weighted by Gasteiger charge is -2.09. The van der Waals surface area contributed by atoms with Crippen LogP contribution in [0.3, 0.4) is 0 Å². The quantitative estimate of drug-likeness (QED) is 0.506. The van der Waals surface area contributed by atoms with Crippen LogP contribution in [0.2, 0.25) is 10.0 Å². The van der Waals surface area contributed by atoms with Crippen LogP contribution in [0, 0.1) is 0 Å². The maximum atomic E-state index is 11.9. The number of aromatic nitrogens is 1. The largest absolute Gasteiger partial charge is 0.342 e. The van der Waals surface area contributed by atoms with Crippen LogP contribution in [0.25, 0.3) is 17.0 Å². The van der Waals surface area contributed by atoms with Gasteiger partial charge in [-0.25, -0.2) is 0 Å². The number of hydrogen-bond donors (Lipinski definition) is 2. The second-order valence-corrected chi connectivity index (χ2v) is 7.12. The molecular formula is C19H13Cl2N3OS. The van der Waals surface area contributed by atoms with Crippen LogP contribution in [0.15, 0.2) is 54.4 Å². The minimum Gasteiger partial charge on any atom is -0.342 e. The number of fused-ring (bicyclic) bond motifs is 1. The molecule has 7 heteroatoms. The van der Waals surface area contributed by atoms with Gasteiger partial charge in [0.1, 0.15) is 5.70 Å². The topological polar surface area (TPSA) is 46.1 Å². The molecule has 0 unspecified atom stereocenters. The molecule has 2 N–H and O–H groups in total. The number of rotatable bonds is 3. The maximum absolute atomic E-state index is 11.9. The first kappa shape index (κ1) is 17.1. The molecule has 0 bridgehead atoms. The van der Waals surface area contributed by atoms with Gasteiger partial charge >= 0.3 is 0 Å². The number of carbonyl (C=O) groups is 1. The monoisotopic (exact) mass is 401 g/mol. The number of hydrogen-bond acceptors (Lipinski definition) is 2. The van der Waals surface area contributed by atoms with Gasteiger partial charge in [-0.3, -0.25) is 10.1 Å². The number of para-hydroxylation sites is 1. The van der Waals surface area contributed by atoms with Gasteiger partial charge in [-0.05, 0) is 36.5 Å². The summed E-state index contributed by atoms with van der Waals surface area (Å²) < 4.78 is 2.07. The van der Waals surface area contributed by atoms with Crippen LogP contribution < -0.4 is 10.6 Å². The molecule has 4 rings (SSSR count). The Labute approximate surface area is 165 Å². The van der Waals surface area contributed by atoms with Gasteiger partial charge in [0.05, 0.1) is 6.54 Å². The first-order valence-electron chi connectivity index (χ1n) is 7.88. The Bertz CT molecular complexity index is 1070. The van der Waals surface area contributed by atoms with Crippen LogP contribution in [0.5, 0.6) is 0 Å². The van der Waals surface area contributed by atoms with Gasteiger partial charge in [0.15, 0.2) is 5.11 Å². The Kier molecular flexibility index (Phi) is 4.44. The van der Waals surface area contributed by atoms with Crippen LogP contribution in [-0.4, -0.2) is 15.6 Å². The summed E-state index contributed by atoms with van der Waals surface area (Å²) in [4.78, 5) is 11.9. The molecule has 2 aromatic carbocycles. The first-order chi connectivity index (χ1) is 12.5. The van der Waals surface area contributed by atoms with E-state index in [-0.39, 0.29) is 5.91 Å². The molecule has 1 aliphatic rings. The summed E-state index contributed by atoms with van der Waals surface area (Å²) in [6.45, 7) is 0.528. The molecule has 130 valence electrons. The molecule has 2 heterocycles. The van der Waals surface area contributed by atoms with Gasteiger partial charge in [-0.15, -0.1) is 0 Å². The number of thiocarbonyl (C=S) groups is 1. The molecule has 3 aromatic rings. The number of carbonyl (C=O) groups excluding carboxylic acids is 1. The van der Waals surface area contributed by atoms with Crippen molar-refractivity contribution < 1.29 is 4.79 Å². The van der Waals surface area contributed by atoms with E-state index >= 15 is 0 Å². The second-order valence-electron chi connectivity index (χ2n) is 5.90. The lowest BCUT2D eigenvalue weighted by atomic mass is 10.1. The minimum atomic E-state index is -0.235. The highest BCUT2D eigenvalue weighted by Gasteiger charge is 2.21. The lowest BCUT2D eigenvalue weighted by molar-refractivity contribution is -0.115. The number of amides is 1. The van der Waals surface area contributed by atoms with Crippen LogP contribution >= 0.6 is 35.4 Å². The maximum Gasteiger partial charge on any atom is 0.273 e. The molecule has 0 aliphatic carbocycles. The normalized spacial score (nSPS) is 15.5. The van der Waals surface area contributed by atoms with Crippen molar-refractivity contribution in [1.82, 2.24) is 15.2 Å². The Morgan fingerprint density at radius 2 is 1.77 bits per heavy atom. The summed E-state index contributed by atoms with van der Waals surface area (Å²) in [6, 6.07) is 13.4. The molecule has 26 heavy (non-hydrogen) atoms. The smallest absolute Gasteiger partial charge is 0.273 e. The summed E-state index contributed by atoms with van der Waals surface area (Å²) in [5.74, 6) is -0.235. The van der Waals surface area contributed by atoms with Crippen LogP contribution in [0.1, 0.15) is 11.1 Å². The fraction of sp³-hybridized carbons (Fsp3) is 0.0526. The van der Waals surface area contributed by atoms with E-state index in [0.29, 0.717) is 27.4 Å². The third-order valence-electron chi connectivity index (χ3n) is 4.23. The van der Waals surface area contributed by atoms with Gasteiger partial charge in [0.25, 0.3) is 5.91 Å². The Balaban J connectivity index is 1.81. The molecule has 1 saturated heterocycles. The summed E-state index contributed by atoms with van der Waals surface area (Å²) >= 11 is 17.6. The van der Waals surface area contributed by atoms with E-state index in [2.05, 4.69) is 15.2 Å². The fourth-order valence-corrected chi connectivity index (χ4v) is 3.73. The highest BCUT2D eigenvalue weighted by atomic mass is 35.5. The average Bonchev–Trinajstić information content (AvgIpc) is 3.11. The van der Waals surface area contributed by atoms with Gasteiger partial charge in [-0.2, -0.15) is 0 Å². The zero-order valence-electron chi connectivity index (χ0n) is 13.4. The SMILES string of the molecule is O=C1NC(=S)N/C1=C/c1cn(Cc2c(Cl)cccc2Cl)c2ccccc12. The Hall–Kier alpha value is -2.34. The fourth-order valence-electron chi connectivity index (χ4n) is 3.01. The van der Waals surface area contributed by atoms with Gasteiger partial charge in [0, 0.05) is 38.3 Å². The minimum absolute atomic E-state index is 0.235. The van der Waals surface area contributed by atoms with Crippen molar-refractivity contribution in [1.29, 1.82) is 0 Å². The summed E-state index contributed by atoms with van der Waals surface area (Å²) in [6.07, 6.45) is 3.77. The highest BCUT2D eigenvalue weighted by molar-refractivity contribution is 7.80. The van der Waals surface area contributed by atoms with E-state index in [4.69, 9.17) is 35.4 Å². The van der Waals surface area contributed by atoms with Crippen molar-refractivity contribution in [2.75, 3.05) is 0 Å². The molecule has 0 saturated carbocycles. The van der Waals surface area contributed by atoms with Gasteiger partial charge in [0.2, 0.25) is 0 Å². The molecule has 1 aliphatic heterocycles. The van der Waals surface area contributed by atoms with E-state index < -0.39 is 0 Å². The van der Waals surface area contributed by atoms with E-state index in [0.717, 1.165) is 22.0 Å². The standard InChI is InChI=1S/C19H13Cl2N3OS/c20-14-5-3-6-15(21)13(14)10-24-9-11(12-4-1-2-7-17(12)24)8-16-18(25)23-19(26)22-16/h1-9H,10H2,(H2,22,23,25,26)/b16-8+. The summed E-state index contributed by atoms with van der Waals surface area (Å²) in [5, 5.41) is 8.02. The van der Waals surface area contributed by atoms with E-state index in [1.807, 2.05) is 48.7 Å². The van der Waals surface area contributed by atoms with Crippen molar-refractivity contribution in [3.63, 3.8) is 0 Å². The molecule has 1 fully saturated rings. The summed E-state index contributed by atoms with van der Waals surface area (Å²) in [5.41, 5.74) is 3.21. The molecule has 1 aromatic heterocycles. The third-order valence-corrected chi connectivity index (χ3v) is 5.14. The number of benzene rings is 2.